The first-order valence-electron chi connectivity index (χ1n) is 8.11. The summed E-state index contributed by atoms with van der Waals surface area (Å²) in [5.74, 6) is 1.45. The third-order valence-corrected chi connectivity index (χ3v) is 4.66. The van der Waals surface area contributed by atoms with Crippen LogP contribution in [0.15, 0.2) is 35.3 Å². The van der Waals surface area contributed by atoms with Crippen molar-refractivity contribution in [1.82, 2.24) is 20.4 Å². The van der Waals surface area contributed by atoms with Crippen molar-refractivity contribution in [2.75, 3.05) is 7.05 Å². The first-order chi connectivity index (χ1) is 11.1. The molecule has 0 amide bonds. The van der Waals surface area contributed by atoms with E-state index in [-0.39, 0.29) is 24.0 Å². The molecule has 1 saturated carbocycles. The number of nitrogens with one attached hydrogen (secondary N) is 2. The van der Waals surface area contributed by atoms with E-state index in [0.29, 0.717) is 12.0 Å². The van der Waals surface area contributed by atoms with Gasteiger partial charge in [-0.25, -0.2) is 0 Å². The molecular weight excluding hydrogens is 413 g/mol. The molecule has 0 saturated heterocycles. The van der Waals surface area contributed by atoms with Crippen LogP contribution < -0.4 is 10.6 Å². The van der Waals surface area contributed by atoms with Crippen molar-refractivity contribution in [2.24, 2.45) is 12.0 Å². The van der Waals surface area contributed by atoms with Gasteiger partial charge in [0.2, 0.25) is 0 Å². The number of aliphatic imine (C=N–C) groups is 1. The Labute approximate surface area is 161 Å². The third kappa shape index (κ3) is 4.09. The molecule has 1 heterocycles. The molecule has 0 spiro atoms. The van der Waals surface area contributed by atoms with Gasteiger partial charge in [0.1, 0.15) is 0 Å². The average Bonchev–Trinajstić information content (AvgIpc) is 3.28. The van der Waals surface area contributed by atoms with Crippen LogP contribution in [0.25, 0.3) is 0 Å². The topological polar surface area (TPSA) is 54.2 Å². The summed E-state index contributed by atoms with van der Waals surface area (Å²) in [6, 6.07) is 11.1. The quantitative estimate of drug-likeness (QED) is 0.438. The first-order valence-corrected chi connectivity index (χ1v) is 8.11. The lowest BCUT2D eigenvalue weighted by Crippen LogP contribution is -2.38. The molecule has 0 bridgehead atoms. The van der Waals surface area contributed by atoms with Crippen LogP contribution in [0.3, 0.4) is 0 Å². The maximum absolute atomic E-state index is 4.46. The van der Waals surface area contributed by atoms with Gasteiger partial charge in [-0.15, -0.1) is 24.0 Å². The molecule has 0 aliphatic heterocycles. The minimum absolute atomic E-state index is 0. The predicted octanol–water partition coefficient (Wildman–Crippen LogP) is 2.88. The van der Waals surface area contributed by atoms with Gasteiger partial charge in [-0.1, -0.05) is 30.3 Å². The molecular formula is C18H26IN5. The minimum Gasteiger partial charge on any atom is -0.353 e. The summed E-state index contributed by atoms with van der Waals surface area (Å²) in [6.07, 6.45) is 1.16. The Morgan fingerprint density at radius 3 is 2.58 bits per heavy atom. The van der Waals surface area contributed by atoms with Crippen molar-refractivity contribution in [3.63, 3.8) is 0 Å². The minimum atomic E-state index is 0. The fraction of sp³-hybridized carbons (Fsp3) is 0.444. The zero-order valence-electron chi connectivity index (χ0n) is 14.7. The highest BCUT2D eigenvalue weighted by atomic mass is 127. The average molecular weight is 439 g/mol. The van der Waals surface area contributed by atoms with Gasteiger partial charge < -0.3 is 10.6 Å². The van der Waals surface area contributed by atoms with Gasteiger partial charge >= 0.3 is 0 Å². The van der Waals surface area contributed by atoms with Crippen molar-refractivity contribution in [3.05, 3.63) is 52.8 Å². The third-order valence-electron chi connectivity index (χ3n) is 4.66. The fourth-order valence-electron chi connectivity index (χ4n) is 3.04. The van der Waals surface area contributed by atoms with Crippen molar-refractivity contribution in [2.45, 2.75) is 38.8 Å². The molecule has 2 unspecified atom stereocenters. The van der Waals surface area contributed by atoms with E-state index in [1.807, 2.05) is 25.7 Å². The molecule has 2 N–H and O–H groups in total. The highest BCUT2D eigenvalue weighted by molar-refractivity contribution is 14.0. The lowest BCUT2D eigenvalue weighted by molar-refractivity contribution is 0.728. The second kappa shape index (κ2) is 8.00. The molecule has 2 aromatic rings. The SMILES string of the molecule is CN=C(NCc1c(C)nn(C)c1C)NC1CC1c1ccccc1.I. The van der Waals surface area contributed by atoms with E-state index < -0.39 is 0 Å². The molecule has 1 aromatic carbocycles. The Morgan fingerprint density at radius 1 is 1.29 bits per heavy atom. The highest BCUT2D eigenvalue weighted by Gasteiger charge is 2.38. The standard InChI is InChI=1S/C18H25N5.HI/c1-12-16(13(2)23(4)22-12)11-20-18(19-3)21-17-10-15(17)14-8-6-5-7-9-14;/h5-9,15,17H,10-11H2,1-4H3,(H2,19,20,21);1H. The molecule has 1 aromatic heterocycles. The van der Waals surface area contributed by atoms with E-state index in [4.69, 9.17) is 0 Å². The number of benzene rings is 1. The van der Waals surface area contributed by atoms with Crippen molar-refractivity contribution in [3.8, 4) is 0 Å². The summed E-state index contributed by atoms with van der Waals surface area (Å²) in [5.41, 5.74) is 4.91. The second-order valence-electron chi connectivity index (χ2n) is 6.20. The number of guanidine groups is 1. The van der Waals surface area contributed by atoms with Gasteiger partial charge in [-0.2, -0.15) is 5.10 Å². The number of nitrogens with zero attached hydrogens (tertiary/aromatic N) is 3. The Balaban J connectivity index is 0.00000208. The van der Waals surface area contributed by atoms with Gasteiger partial charge in [0, 0.05) is 43.9 Å². The van der Waals surface area contributed by atoms with Crippen molar-refractivity contribution < 1.29 is 0 Å². The van der Waals surface area contributed by atoms with Crippen molar-refractivity contribution >= 4 is 29.9 Å². The van der Waals surface area contributed by atoms with Crippen LogP contribution in [0.1, 0.15) is 34.9 Å². The van der Waals surface area contributed by atoms with Gasteiger partial charge in [-0.3, -0.25) is 9.67 Å². The summed E-state index contributed by atoms with van der Waals surface area (Å²) >= 11 is 0. The smallest absolute Gasteiger partial charge is 0.191 e. The fourth-order valence-corrected chi connectivity index (χ4v) is 3.04. The lowest BCUT2D eigenvalue weighted by atomic mass is 10.1. The number of hydrogen-bond donors (Lipinski definition) is 2. The number of aryl methyl sites for hydroxylation is 2. The van der Waals surface area contributed by atoms with Gasteiger partial charge in [0.15, 0.2) is 5.96 Å². The van der Waals surface area contributed by atoms with Crippen LogP contribution >= 0.6 is 24.0 Å². The monoisotopic (exact) mass is 439 g/mol. The van der Waals surface area contributed by atoms with Crippen LogP contribution in [0.4, 0.5) is 0 Å². The molecule has 1 aliphatic carbocycles. The largest absolute Gasteiger partial charge is 0.353 e. The number of aromatic nitrogens is 2. The molecule has 1 aliphatic rings. The van der Waals surface area contributed by atoms with Crippen LogP contribution in [0, 0.1) is 13.8 Å². The maximum atomic E-state index is 4.46. The Kier molecular flexibility index (Phi) is 6.26. The number of halogens is 1. The van der Waals surface area contributed by atoms with Gasteiger partial charge in [-0.05, 0) is 25.8 Å². The van der Waals surface area contributed by atoms with Crippen molar-refractivity contribution in [1.29, 1.82) is 0 Å². The molecule has 24 heavy (non-hydrogen) atoms. The predicted molar refractivity (Wildman–Crippen MR) is 109 cm³/mol. The molecule has 1 fully saturated rings. The zero-order valence-corrected chi connectivity index (χ0v) is 17.0. The summed E-state index contributed by atoms with van der Waals surface area (Å²) in [7, 11) is 3.80. The Bertz CT molecular complexity index is 708. The summed E-state index contributed by atoms with van der Waals surface area (Å²) in [5, 5.41) is 11.4. The molecule has 3 rings (SSSR count). The van der Waals surface area contributed by atoms with E-state index >= 15 is 0 Å². The van der Waals surface area contributed by atoms with E-state index in [1.54, 1.807) is 0 Å². The van der Waals surface area contributed by atoms with Gasteiger partial charge in [0.25, 0.3) is 0 Å². The number of rotatable bonds is 4. The molecule has 130 valence electrons. The normalized spacial score (nSPS) is 19.6. The lowest BCUT2D eigenvalue weighted by Gasteiger charge is -2.12. The Hall–Kier alpha value is -1.57. The number of hydrogen-bond acceptors (Lipinski definition) is 2. The van der Waals surface area contributed by atoms with Gasteiger partial charge in [0.05, 0.1) is 5.69 Å². The maximum Gasteiger partial charge on any atom is 0.191 e. The summed E-state index contributed by atoms with van der Waals surface area (Å²) in [6.45, 7) is 4.89. The van der Waals surface area contributed by atoms with E-state index in [1.165, 1.54) is 16.8 Å². The van der Waals surface area contributed by atoms with Crippen LogP contribution in [-0.4, -0.2) is 28.8 Å². The van der Waals surface area contributed by atoms with E-state index in [9.17, 15) is 0 Å². The molecule has 6 heteroatoms. The molecule has 5 nitrogen and oxygen atoms in total. The van der Waals surface area contributed by atoms with E-state index in [2.05, 4.69) is 58.0 Å². The van der Waals surface area contributed by atoms with E-state index in [0.717, 1.165) is 24.6 Å². The Morgan fingerprint density at radius 2 is 2.00 bits per heavy atom. The molecule has 2 atom stereocenters. The van der Waals surface area contributed by atoms with Crippen LogP contribution in [-0.2, 0) is 13.6 Å². The summed E-state index contributed by atoms with van der Waals surface area (Å²) < 4.78 is 1.93. The zero-order chi connectivity index (χ0) is 16.4. The van der Waals surface area contributed by atoms with Crippen LogP contribution in [0.5, 0.6) is 0 Å². The second-order valence-corrected chi connectivity index (χ2v) is 6.20. The first kappa shape index (κ1) is 18.8. The summed E-state index contributed by atoms with van der Waals surface area (Å²) in [4.78, 5) is 4.34. The molecule has 0 radical (unpaired) electrons. The van der Waals surface area contributed by atoms with Crippen LogP contribution in [0.2, 0.25) is 0 Å². The highest BCUT2D eigenvalue weighted by Crippen LogP contribution is 2.40.